The quantitative estimate of drug-likeness (QED) is 0.820. The molecule has 1 aliphatic rings. The highest BCUT2D eigenvalue weighted by molar-refractivity contribution is 6.18. The lowest BCUT2D eigenvalue weighted by Gasteiger charge is -2.36. The number of carbonyl (C=O) groups is 1. The minimum atomic E-state index is -0.260. The van der Waals surface area contributed by atoms with E-state index in [1.165, 1.54) is 5.56 Å². The topological polar surface area (TPSA) is 38.3 Å². The van der Waals surface area contributed by atoms with Crippen molar-refractivity contribution in [2.24, 2.45) is 0 Å². The SMILES string of the molecule is O=C(CCCc1ccccc1)NC1(CCl)CCOCC1. The van der Waals surface area contributed by atoms with Gasteiger partial charge in [-0.05, 0) is 31.2 Å². The summed E-state index contributed by atoms with van der Waals surface area (Å²) in [7, 11) is 0. The normalized spacial score (nSPS) is 17.6. The predicted octanol–water partition coefficient (Wildman–Crippen LogP) is 2.91. The number of nitrogens with one attached hydrogen (secondary N) is 1. The lowest BCUT2D eigenvalue weighted by atomic mass is 9.92. The first-order chi connectivity index (χ1) is 9.74. The van der Waals surface area contributed by atoms with Crippen molar-refractivity contribution in [1.82, 2.24) is 5.32 Å². The van der Waals surface area contributed by atoms with Crippen LogP contribution in [0, 0.1) is 0 Å². The predicted molar refractivity (Wildman–Crippen MR) is 81.0 cm³/mol. The van der Waals surface area contributed by atoms with Crippen LogP contribution in [0.3, 0.4) is 0 Å². The molecule has 1 amide bonds. The molecular weight excluding hydrogens is 274 g/mol. The molecular formula is C16H22ClNO2. The summed E-state index contributed by atoms with van der Waals surface area (Å²) in [4.78, 5) is 12.1. The largest absolute Gasteiger partial charge is 0.381 e. The van der Waals surface area contributed by atoms with Gasteiger partial charge in [-0.2, -0.15) is 0 Å². The number of halogens is 1. The van der Waals surface area contributed by atoms with E-state index in [1.54, 1.807) is 0 Å². The van der Waals surface area contributed by atoms with Crippen molar-refractivity contribution in [2.75, 3.05) is 19.1 Å². The zero-order valence-corrected chi connectivity index (χ0v) is 12.5. The van der Waals surface area contributed by atoms with E-state index < -0.39 is 0 Å². The van der Waals surface area contributed by atoms with Crippen LogP contribution in [0.2, 0.25) is 0 Å². The Kier molecular flexibility index (Phi) is 5.86. The fourth-order valence-electron chi connectivity index (χ4n) is 2.51. The molecule has 0 aromatic heterocycles. The summed E-state index contributed by atoms with van der Waals surface area (Å²) in [6, 6.07) is 10.2. The molecule has 0 bridgehead atoms. The molecule has 1 aromatic carbocycles. The summed E-state index contributed by atoms with van der Waals surface area (Å²) in [5.41, 5.74) is 1.02. The number of hydrogen-bond donors (Lipinski definition) is 1. The Morgan fingerprint density at radius 2 is 1.95 bits per heavy atom. The van der Waals surface area contributed by atoms with E-state index in [0.29, 0.717) is 25.5 Å². The highest BCUT2D eigenvalue weighted by atomic mass is 35.5. The number of hydrogen-bond acceptors (Lipinski definition) is 2. The van der Waals surface area contributed by atoms with Gasteiger partial charge in [-0.25, -0.2) is 0 Å². The zero-order chi connectivity index (χ0) is 14.3. The fraction of sp³-hybridized carbons (Fsp3) is 0.562. The van der Waals surface area contributed by atoms with Crippen LogP contribution in [0.1, 0.15) is 31.2 Å². The van der Waals surface area contributed by atoms with Crippen LogP contribution >= 0.6 is 11.6 Å². The van der Waals surface area contributed by atoms with Gasteiger partial charge in [-0.1, -0.05) is 30.3 Å². The Labute approximate surface area is 125 Å². The average molecular weight is 296 g/mol. The molecule has 1 aromatic rings. The van der Waals surface area contributed by atoms with Crippen LogP contribution in [0.4, 0.5) is 0 Å². The van der Waals surface area contributed by atoms with E-state index in [2.05, 4.69) is 17.4 Å². The number of benzene rings is 1. The van der Waals surface area contributed by atoms with E-state index >= 15 is 0 Å². The molecule has 3 nitrogen and oxygen atoms in total. The van der Waals surface area contributed by atoms with E-state index in [0.717, 1.165) is 25.7 Å². The molecule has 0 spiro atoms. The third kappa shape index (κ3) is 4.50. The van der Waals surface area contributed by atoms with Gasteiger partial charge >= 0.3 is 0 Å². The molecule has 1 saturated heterocycles. The summed E-state index contributed by atoms with van der Waals surface area (Å²) in [5.74, 6) is 0.560. The molecule has 2 rings (SSSR count). The summed E-state index contributed by atoms with van der Waals surface area (Å²) in [5, 5.41) is 3.12. The van der Waals surface area contributed by atoms with E-state index in [9.17, 15) is 4.79 Å². The summed E-state index contributed by atoms with van der Waals surface area (Å²) >= 11 is 6.04. The molecule has 0 aliphatic carbocycles. The van der Waals surface area contributed by atoms with Crippen molar-refractivity contribution in [3.63, 3.8) is 0 Å². The van der Waals surface area contributed by atoms with Gasteiger partial charge in [0.15, 0.2) is 0 Å². The second kappa shape index (κ2) is 7.65. The lowest BCUT2D eigenvalue weighted by molar-refractivity contribution is -0.124. The Morgan fingerprint density at radius 1 is 1.25 bits per heavy atom. The number of amides is 1. The molecule has 0 unspecified atom stereocenters. The minimum absolute atomic E-state index is 0.100. The number of carbonyl (C=O) groups excluding carboxylic acids is 1. The Bertz CT molecular complexity index is 416. The van der Waals surface area contributed by atoms with Crippen molar-refractivity contribution < 1.29 is 9.53 Å². The van der Waals surface area contributed by atoms with Gasteiger partial charge in [0.1, 0.15) is 0 Å². The van der Waals surface area contributed by atoms with Gasteiger partial charge in [0, 0.05) is 25.5 Å². The minimum Gasteiger partial charge on any atom is -0.381 e. The summed E-state index contributed by atoms with van der Waals surface area (Å²) in [6.45, 7) is 1.36. The first kappa shape index (κ1) is 15.3. The monoisotopic (exact) mass is 295 g/mol. The van der Waals surface area contributed by atoms with Gasteiger partial charge < -0.3 is 10.1 Å². The first-order valence-corrected chi connectivity index (χ1v) is 7.76. The molecule has 0 radical (unpaired) electrons. The number of aryl methyl sites for hydroxylation is 1. The number of ether oxygens (including phenoxy) is 1. The van der Waals surface area contributed by atoms with E-state index in [1.807, 2.05) is 18.2 Å². The van der Waals surface area contributed by atoms with E-state index in [-0.39, 0.29) is 11.4 Å². The van der Waals surface area contributed by atoms with Crippen LogP contribution in [-0.4, -0.2) is 30.5 Å². The molecule has 20 heavy (non-hydrogen) atoms. The van der Waals surface area contributed by atoms with Gasteiger partial charge in [-0.3, -0.25) is 4.79 Å². The van der Waals surface area contributed by atoms with Crippen LogP contribution < -0.4 is 5.32 Å². The highest BCUT2D eigenvalue weighted by Gasteiger charge is 2.32. The lowest BCUT2D eigenvalue weighted by Crippen LogP contribution is -2.53. The van der Waals surface area contributed by atoms with E-state index in [4.69, 9.17) is 16.3 Å². The molecule has 1 heterocycles. The van der Waals surface area contributed by atoms with Gasteiger partial charge in [0.2, 0.25) is 5.91 Å². The highest BCUT2D eigenvalue weighted by Crippen LogP contribution is 2.22. The Balaban J connectivity index is 1.74. The third-order valence-electron chi connectivity index (χ3n) is 3.82. The Hall–Kier alpha value is -1.06. The van der Waals surface area contributed by atoms with Crippen molar-refractivity contribution in [3.8, 4) is 0 Å². The maximum atomic E-state index is 12.1. The van der Waals surface area contributed by atoms with Crippen LogP contribution in [-0.2, 0) is 16.0 Å². The second-order valence-electron chi connectivity index (χ2n) is 5.41. The molecule has 0 saturated carbocycles. The van der Waals surface area contributed by atoms with Gasteiger partial charge in [0.05, 0.1) is 5.54 Å². The third-order valence-corrected chi connectivity index (χ3v) is 4.33. The molecule has 1 fully saturated rings. The standard InChI is InChI=1S/C16H22ClNO2/c17-13-16(9-11-20-12-10-16)18-15(19)8-4-7-14-5-2-1-3-6-14/h1-3,5-6H,4,7-13H2,(H,18,19). The van der Waals surface area contributed by atoms with Crippen LogP contribution in [0.5, 0.6) is 0 Å². The Morgan fingerprint density at radius 3 is 2.60 bits per heavy atom. The molecule has 1 N–H and O–H groups in total. The van der Waals surface area contributed by atoms with Crippen molar-refractivity contribution in [3.05, 3.63) is 35.9 Å². The maximum absolute atomic E-state index is 12.1. The molecule has 110 valence electrons. The summed E-state index contributed by atoms with van der Waals surface area (Å²) in [6.07, 6.45) is 3.96. The molecule has 0 atom stereocenters. The van der Waals surface area contributed by atoms with Crippen molar-refractivity contribution in [2.45, 2.75) is 37.6 Å². The number of rotatable bonds is 6. The summed E-state index contributed by atoms with van der Waals surface area (Å²) < 4.78 is 5.34. The number of alkyl halides is 1. The van der Waals surface area contributed by atoms with Crippen molar-refractivity contribution in [1.29, 1.82) is 0 Å². The first-order valence-electron chi connectivity index (χ1n) is 7.23. The van der Waals surface area contributed by atoms with Crippen molar-refractivity contribution >= 4 is 17.5 Å². The van der Waals surface area contributed by atoms with Gasteiger partial charge in [-0.15, -0.1) is 11.6 Å². The fourth-order valence-corrected chi connectivity index (χ4v) is 2.84. The maximum Gasteiger partial charge on any atom is 0.220 e. The molecule has 1 aliphatic heterocycles. The van der Waals surface area contributed by atoms with Gasteiger partial charge in [0.25, 0.3) is 0 Å². The van der Waals surface area contributed by atoms with Crippen LogP contribution in [0.15, 0.2) is 30.3 Å². The smallest absolute Gasteiger partial charge is 0.220 e. The average Bonchev–Trinajstić information content (AvgIpc) is 2.49. The zero-order valence-electron chi connectivity index (χ0n) is 11.7. The van der Waals surface area contributed by atoms with Crippen LogP contribution in [0.25, 0.3) is 0 Å². The second-order valence-corrected chi connectivity index (χ2v) is 5.68. The molecule has 4 heteroatoms.